The maximum atomic E-state index is 11.6. The fourth-order valence-electron chi connectivity index (χ4n) is 1.83. The molecule has 1 heterocycles. The Morgan fingerprint density at radius 3 is 2.47 bits per heavy atom. The molecule has 1 aliphatic heterocycles. The van der Waals surface area contributed by atoms with Gasteiger partial charge in [0.2, 0.25) is 0 Å². The molecule has 5 heteroatoms. The Kier molecular flexibility index (Phi) is 5.13. The number of hydrogen-bond acceptors (Lipinski definition) is 4. The molecule has 0 radical (unpaired) electrons. The van der Waals surface area contributed by atoms with Crippen LogP contribution in [0.2, 0.25) is 0 Å². The van der Waals surface area contributed by atoms with E-state index >= 15 is 0 Å². The molecule has 0 spiro atoms. The highest BCUT2D eigenvalue weighted by Gasteiger charge is 2.31. The third kappa shape index (κ3) is 5.17. The van der Waals surface area contributed by atoms with Crippen molar-refractivity contribution < 1.29 is 9.53 Å². The lowest BCUT2D eigenvalue weighted by Crippen LogP contribution is -2.45. The summed E-state index contributed by atoms with van der Waals surface area (Å²) in [6, 6.07) is 0. The second kappa shape index (κ2) is 5.96. The molecular formula is C12H24N2O2S. The van der Waals surface area contributed by atoms with Gasteiger partial charge in [0.25, 0.3) is 0 Å². The molecule has 100 valence electrons. The van der Waals surface area contributed by atoms with Crippen molar-refractivity contribution >= 4 is 17.9 Å². The fraction of sp³-hybridized carbons (Fsp3) is 0.917. The Morgan fingerprint density at radius 1 is 1.41 bits per heavy atom. The standard InChI is InChI=1S/C12H24N2O2S/c1-11(2,3)16-10(15)14-9-12(8-13)4-6-17-7-5-12/h4-9,13H2,1-3H3,(H,14,15). The van der Waals surface area contributed by atoms with E-state index in [0.717, 1.165) is 24.3 Å². The third-order valence-electron chi connectivity index (χ3n) is 2.99. The number of rotatable bonds is 3. The van der Waals surface area contributed by atoms with Crippen molar-refractivity contribution in [3.63, 3.8) is 0 Å². The molecule has 1 saturated heterocycles. The Morgan fingerprint density at radius 2 is 2.00 bits per heavy atom. The van der Waals surface area contributed by atoms with Crippen LogP contribution in [0.15, 0.2) is 0 Å². The highest BCUT2D eigenvalue weighted by molar-refractivity contribution is 7.99. The lowest BCUT2D eigenvalue weighted by atomic mass is 9.82. The van der Waals surface area contributed by atoms with Gasteiger partial charge in [-0.2, -0.15) is 11.8 Å². The first-order valence-electron chi connectivity index (χ1n) is 6.12. The number of amides is 1. The van der Waals surface area contributed by atoms with Crippen LogP contribution in [-0.2, 0) is 4.74 Å². The van der Waals surface area contributed by atoms with Crippen LogP contribution in [0.5, 0.6) is 0 Å². The molecule has 17 heavy (non-hydrogen) atoms. The van der Waals surface area contributed by atoms with Gasteiger partial charge in [-0.1, -0.05) is 0 Å². The Hall–Kier alpha value is -0.420. The predicted octanol–water partition coefficient (Wildman–Crippen LogP) is 1.98. The Labute approximate surface area is 108 Å². The summed E-state index contributed by atoms with van der Waals surface area (Å²) in [7, 11) is 0. The third-order valence-corrected chi connectivity index (χ3v) is 3.98. The molecule has 1 fully saturated rings. The summed E-state index contributed by atoms with van der Waals surface area (Å²) in [4.78, 5) is 11.6. The molecule has 0 aromatic carbocycles. The van der Waals surface area contributed by atoms with Gasteiger partial charge in [-0.15, -0.1) is 0 Å². The molecule has 3 N–H and O–H groups in total. The van der Waals surface area contributed by atoms with Gasteiger partial charge in [-0.25, -0.2) is 4.79 Å². The van der Waals surface area contributed by atoms with Gasteiger partial charge < -0.3 is 15.8 Å². The molecule has 0 aromatic heterocycles. The van der Waals surface area contributed by atoms with Crippen LogP contribution in [-0.4, -0.2) is 36.3 Å². The number of nitrogens with two attached hydrogens (primary N) is 1. The number of hydrogen-bond donors (Lipinski definition) is 2. The van der Waals surface area contributed by atoms with Crippen molar-refractivity contribution in [2.75, 3.05) is 24.6 Å². The summed E-state index contributed by atoms with van der Waals surface area (Å²) in [6.07, 6.45) is 1.80. The molecule has 4 nitrogen and oxygen atoms in total. The second-order valence-electron chi connectivity index (χ2n) is 5.67. The first-order valence-corrected chi connectivity index (χ1v) is 7.27. The zero-order valence-corrected chi connectivity index (χ0v) is 11.9. The van der Waals surface area contributed by atoms with Crippen LogP contribution < -0.4 is 11.1 Å². The van der Waals surface area contributed by atoms with Crippen molar-refractivity contribution in [2.24, 2.45) is 11.1 Å². The Balaban J connectivity index is 2.39. The van der Waals surface area contributed by atoms with Crippen molar-refractivity contribution in [3.8, 4) is 0 Å². The van der Waals surface area contributed by atoms with E-state index in [1.165, 1.54) is 0 Å². The van der Waals surface area contributed by atoms with Gasteiger partial charge in [0.05, 0.1) is 0 Å². The summed E-state index contributed by atoms with van der Waals surface area (Å²) in [5.74, 6) is 2.26. The van der Waals surface area contributed by atoms with Crippen molar-refractivity contribution in [1.29, 1.82) is 0 Å². The van der Waals surface area contributed by atoms with Crippen LogP contribution in [0.1, 0.15) is 33.6 Å². The molecule has 1 amide bonds. The minimum Gasteiger partial charge on any atom is -0.444 e. The molecule has 0 unspecified atom stereocenters. The lowest BCUT2D eigenvalue weighted by Gasteiger charge is -2.36. The van der Waals surface area contributed by atoms with Gasteiger partial charge in [-0.05, 0) is 51.7 Å². The van der Waals surface area contributed by atoms with Crippen molar-refractivity contribution in [2.45, 2.75) is 39.2 Å². The fourth-order valence-corrected chi connectivity index (χ4v) is 3.19. The monoisotopic (exact) mass is 260 g/mol. The van der Waals surface area contributed by atoms with E-state index in [2.05, 4.69) is 5.32 Å². The van der Waals surface area contributed by atoms with Crippen LogP contribution in [0.25, 0.3) is 0 Å². The van der Waals surface area contributed by atoms with Crippen LogP contribution in [0.4, 0.5) is 4.79 Å². The van der Waals surface area contributed by atoms with Crippen LogP contribution in [0.3, 0.4) is 0 Å². The second-order valence-corrected chi connectivity index (χ2v) is 6.90. The zero-order chi connectivity index (χ0) is 12.9. The lowest BCUT2D eigenvalue weighted by molar-refractivity contribution is 0.0498. The maximum absolute atomic E-state index is 11.6. The highest BCUT2D eigenvalue weighted by atomic mass is 32.2. The number of nitrogens with one attached hydrogen (secondary N) is 1. The molecule has 0 aliphatic carbocycles. The average Bonchev–Trinajstić information content (AvgIpc) is 2.25. The van der Waals surface area contributed by atoms with E-state index in [-0.39, 0.29) is 11.5 Å². The van der Waals surface area contributed by atoms with Crippen LogP contribution in [0, 0.1) is 5.41 Å². The molecule has 0 bridgehead atoms. The first kappa shape index (κ1) is 14.6. The van der Waals surface area contributed by atoms with Crippen LogP contribution >= 0.6 is 11.8 Å². The van der Waals surface area contributed by atoms with E-state index in [0.29, 0.717) is 13.1 Å². The zero-order valence-electron chi connectivity index (χ0n) is 11.0. The summed E-state index contributed by atoms with van der Waals surface area (Å²) >= 11 is 1.96. The molecule has 0 saturated carbocycles. The smallest absolute Gasteiger partial charge is 0.407 e. The summed E-state index contributed by atoms with van der Waals surface area (Å²) in [6.45, 7) is 6.84. The van der Waals surface area contributed by atoms with Crippen molar-refractivity contribution in [1.82, 2.24) is 5.32 Å². The number of carbonyl (C=O) groups is 1. The number of alkyl carbamates (subject to hydrolysis) is 1. The SMILES string of the molecule is CC(C)(C)OC(=O)NCC1(CN)CCSCC1. The largest absolute Gasteiger partial charge is 0.444 e. The number of carbonyl (C=O) groups excluding carboxylic acids is 1. The quantitative estimate of drug-likeness (QED) is 0.814. The molecular weight excluding hydrogens is 236 g/mol. The summed E-state index contributed by atoms with van der Waals surface area (Å²) < 4.78 is 5.22. The summed E-state index contributed by atoms with van der Waals surface area (Å²) in [5, 5.41) is 2.85. The molecule has 1 rings (SSSR count). The van der Waals surface area contributed by atoms with Gasteiger partial charge in [0.1, 0.15) is 5.60 Å². The maximum Gasteiger partial charge on any atom is 0.407 e. The van der Waals surface area contributed by atoms with Gasteiger partial charge in [0, 0.05) is 12.0 Å². The molecule has 1 aliphatic rings. The minimum absolute atomic E-state index is 0.0716. The van der Waals surface area contributed by atoms with E-state index in [1.807, 2.05) is 32.5 Å². The van der Waals surface area contributed by atoms with Crippen molar-refractivity contribution in [3.05, 3.63) is 0 Å². The van der Waals surface area contributed by atoms with Gasteiger partial charge >= 0.3 is 6.09 Å². The van der Waals surface area contributed by atoms with E-state index in [9.17, 15) is 4.79 Å². The van der Waals surface area contributed by atoms with Gasteiger partial charge in [0.15, 0.2) is 0 Å². The normalized spacial score (nSPS) is 19.8. The predicted molar refractivity (Wildman–Crippen MR) is 72.3 cm³/mol. The minimum atomic E-state index is -0.442. The van der Waals surface area contributed by atoms with E-state index in [1.54, 1.807) is 0 Å². The van der Waals surface area contributed by atoms with E-state index < -0.39 is 5.60 Å². The first-order chi connectivity index (χ1) is 7.87. The topological polar surface area (TPSA) is 64.3 Å². The van der Waals surface area contributed by atoms with Gasteiger partial charge in [-0.3, -0.25) is 0 Å². The molecule has 0 atom stereocenters. The number of ether oxygens (including phenoxy) is 1. The Bertz CT molecular complexity index is 258. The van der Waals surface area contributed by atoms with E-state index in [4.69, 9.17) is 10.5 Å². The summed E-state index contributed by atoms with van der Waals surface area (Å²) in [5.41, 5.74) is 5.48. The highest BCUT2D eigenvalue weighted by Crippen LogP contribution is 2.33. The number of thioether (sulfide) groups is 1. The molecule has 0 aromatic rings. The average molecular weight is 260 g/mol.